The van der Waals surface area contributed by atoms with Crippen LogP contribution < -0.4 is 0 Å². The fraction of sp³-hybridized carbons (Fsp3) is 0.714. The topological polar surface area (TPSA) is 50.1 Å². The van der Waals surface area contributed by atoms with Crippen molar-refractivity contribution in [3.63, 3.8) is 0 Å². The molecule has 0 saturated carbocycles. The largest absolute Gasteiger partial charge is 0.466 e. The van der Waals surface area contributed by atoms with Gasteiger partial charge in [-0.1, -0.05) is 0 Å². The van der Waals surface area contributed by atoms with Crippen LogP contribution >= 0.6 is 11.6 Å². The molecule has 0 aromatic heterocycles. The van der Waals surface area contributed by atoms with Crippen LogP contribution in [-0.2, 0) is 9.53 Å². The zero-order valence-electron chi connectivity index (χ0n) is 6.56. The van der Waals surface area contributed by atoms with Gasteiger partial charge in [0.05, 0.1) is 19.1 Å². The molecule has 0 aliphatic rings. The van der Waals surface area contributed by atoms with Crippen LogP contribution in [0.3, 0.4) is 0 Å². The molecule has 0 aliphatic heterocycles. The Morgan fingerprint density at radius 3 is 2.73 bits per heavy atom. The van der Waals surface area contributed by atoms with Gasteiger partial charge in [-0.05, 0) is 13.8 Å². The highest BCUT2D eigenvalue weighted by Gasteiger charge is 2.24. The van der Waals surface area contributed by atoms with Gasteiger partial charge in [-0.25, -0.2) is 0 Å². The molecule has 0 radical (unpaired) electrons. The van der Waals surface area contributed by atoms with Crippen LogP contribution in [-0.4, -0.2) is 17.5 Å². The van der Waals surface area contributed by atoms with Gasteiger partial charge < -0.3 is 4.74 Å². The third-order valence-electron chi connectivity index (χ3n) is 1.01. The van der Waals surface area contributed by atoms with Gasteiger partial charge >= 0.3 is 5.97 Å². The predicted molar refractivity (Wildman–Crippen MR) is 41.1 cm³/mol. The quantitative estimate of drug-likeness (QED) is 0.482. The van der Waals surface area contributed by atoms with Crippen molar-refractivity contribution < 1.29 is 9.53 Å². The molecule has 62 valence electrons. The summed E-state index contributed by atoms with van der Waals surface area (Å²) in [5, 5.41) is 8.42. The molecule has 0 heterocycles. The van der Waals surface area contributed by atoms with E-state index in [1.807, 2.05) is 0 Å². The molecule has 0 saturated heterocycles. The Balaban J connectivity index is 3.86. The van der Waals surface area contributed by atoms with E-state index in [4.69, 9.17) is 16.9 Å². The number of hydrogen-bond acceptors (Lipinski definition) is 3. The van der Waals surface area contributed by atoms with E-state index in [2.05, 4.69) is 4.74 Å². The van der Waals surface area contributed by atoms with Crippen LogP contribution in [0.15, 0.2) is 0 Å². The Kier molecular flexibility index (Phi) is 3.91. The molecule has 4 heteroatoms. The average molecular weight is 176 g/mol. The van der Waals surface area contributed by atoms with E-state index in [1.54, 1.807) is 13.0 Å². The maximum absolute atomic E-state index is 10.8. The lowest BCUT2D eigenvalue weighted by Crippen LogP contribution is -2.20. The number of rotatable bonds is 3. The van der Waals surface area contributed by atoms with Crippen molar-refractivity contribution in [2.45, 2.75) is 25.1 Å². The van der Waals surface area contributed by atoms with E-state index in [0.717, 1.165) is 0 Å². The molecule has 0 fully saturated rings. The Morgan fingerprint density at radius 1 is 1.82 bits per heavy atom. The number of ether oxygens (including phenoxy) is 1. The molecule has 0 aromatic rings. The molecule has 1 atom stereocenters. The number of nitriles is 1. The third-order valence-corrected chi connectivity index (χ3v) is 1.23. The zero-order chi connectivity index (χ0) is 8.91. The van der Waals surface area contributed by atoms with Gasteiger partial charge in [0.15, 0.2) is 0 Å². The fourth-order valence-corrected chi connectivity index (χ4v) is 0.632. The first-order valence-electron chi connectivity index (χ1n) is 3.27. The number of carbonyl (C=O) groups excluding carboxylic acids is 1. The Bertz CT molecular complexity index is 183. The van der Waals surface area contributed by atoms with Crippen molar-refractivity contribution in [1.82, 2.24) is 0 Å². The van der Waals surface area contributed by atoms with Crippen molar-refractivity contribution in [3.05, 3.63) is 0 Å². The Hall–Kier alpha value is -0.750. The highest BCUT2D eigenvalue weighted by atomic mass is 35.5. The summed E-state index contributed by atoms with van der Waals surface area (Å²) in [6.07, 6.45) is -0.0705. The van der Waals surface area contributed by atoms with Crippen LogP contribution in [0.2, 0.25) is 0 Å². The maximum Gasteiger partial charge on any atom is 0.308 e. The van der Waals surface area contributed by atoms with Crippen molar-refractivity contribution in [1.29, 1.82) is 5.26 Å². The standard InChI is InChI=1S/C7H10ClNO2/c1-3-11-6(10)4-7(2,8)5-9/h3-4H2,1-2H3. The van der Waals surface area contributed by atoms with E-state index in [1.165, 1.54) is 6.92 Å². The first kappa shape index (κ1) is 10.2. The van der Waals surface area contributed by atoms with Crippen LogP contribution in [0.1, 0.15) is 20.3 Å². The molecule has 0 aromatic carbocycles. The van der Waals surface area contributed by atoms with E-state index < -0.39 is 10.8 Å². The van der Waals surface area contributed by atoms with Crippen molar-refractivity contribution in [2.24, 2.45) is 0 Å². The Morgan fingerprint density at radius 2 is 2.36 bits per heavy atom. The minimum atomic E-state index is -1.13. The molecule has 0 bridgehead atoms. The first-order valence-corrected chi connectivity index (χ1v) is 3.65. The number of hydrogen-bond donors (Lipinski definition) is 0. The van der Waals surface area contributed by atoms with Crippen molar-refractivity contribution in [3.8, 4) is 6.07 Å². The molecule has 0 spiro atoms. The third kappa shape index (κ3) is 4.63. The summed E-state index contributed by atoms with van der Waals surface area (Å²) in [5.74, 6) is -0.438. The SMILES string of the molecule is CCOC(=O)CC(C)(Cl)C#N. The van der Waals surface area contributed by atoms with Gasteiger partial charge in [-0.2, -0.15) is 5.26 Å². The molecular formula is C7H10ClNO2. The number of esters is 1. The summed E-state index contributed by atoms with van der Waals surface area (Å²) in [4.78, 5) is 9.63. The zero-order valence-corrected chi connectivity index (χ0v) is 7.31. The number of nitrogens with zero attached hydrogens (tertiary/aromatic N) is 1. The average Bonchev–Trinajstić information content (AvgIpc) is 1.87. The summed E-state index contributed by atoms with van der Waals surface area (Å²) in [6, 6.07) is 1.80. The van der Waals surface area contributed by atoms with Gasteiger partial charge in [-0.3, -0.25) is 4.79 Å². The highest BCUT2D eigenvalue weighted by molar-refractivity contribution is 6.26. The number of carbonyl (C=O) groups is 1. The Labute approximate surface area is 70.9 Å². The van der Waals surface area contributed by atoms with Crippen molar-refractivity contribution in [2.75, 3.05) is 6.61 Å². The monoisotopic (exact) mass is 175 g/mol. The normalized spacial score (nSPS) is 14.7. The molecule has 3 nitrogen and oxygen atoms in total. The second-order valence-corrected chi connectivity index (χ2v) is 3.13. The van der Waals surface area contributed by atoms with Gasteiger partial charge in [0.2, 0.25) is 0 Å². The summed E-state index contributed by atoms with van der Waals surface area (Å²) >= 11 is 5.59. The molecule has 0 aliphatic carbocycles. The minimum absolute atomic E-state index is 0.0705. The van der Waals surface area contributed by atoms with Gasteiger partial charge in [0, 0.05) is 0 Å². The summed E-state index contributed by atoms with van der Waals surface area (Å²) in [6.45, 7) is 3.50. The fourth-order valence-electron chi connectivity index (χ4n) is 0.523. The molecule has 11 heavy (non-hydrogen) atoms. The smallest absolute Gasteiger partial charge is 0.308 e. The van der Waals surface area contributed by atoms with Gasteiger partial charge in [-0.15, -0.1) is 11.6 Å². The summed E-state index contributed by atoms with van der Waals surface area (Å²) < 4.78 is 4.61. The number of alkyl halides is 1. The van der Waals surface area contributed by atoms with E-state index in [-0.39, 0.29) is 6.42 Å². The van der Waals surface area contributed by atoms with Crippen LogP contribution in [0, 0.1) is 11.3 Å². The summed E-state index contributed by atoms with van der Waals surface area (Å²) in [7, 11) is 0. The van der Waals surface area contributed by atoms with Crippen LogP contribution in [0.5, 0.6) is 0 Å². The highest BCUT2D eigenvalue weighted by Crippen LogP contribution is 2.17. The lowest BCUT2D eigenvalue weighted by molar-refractivity contribution is -0.143. The van der Waals surface area contributed by atoms with Gasteiger partial charge in [0.1, 0.15) is 4.87 Å². The second kappa shape index (κ2) is 4.20. The van der Waals surface area contributed by atoms with Crippen LogP contribution in [0.25, 0.3) is 0 Å². The van der Waals surface area contributed by atoms with Crippen molar-refractivity contribution >= 4 is 17.6 Å². The minimum Gasteiger partial charge on any atom is -0.466 e. The predicted octanol–water partition coefficient (Wildman–Crippen LogP) is 1.46. The molecule has 0 N–H and O–H groups in total. The maximum atomic E-state index is 10.8. The molecular weight excluding hydrogens is 166 g/mol. The number of halogens is 1. The molecule has 0 amide bonds. The first-order chi connectivity index (χ1) is 5.02. The van der Waals surface area contributed by atoms with Crippen LogP contribution in [0.4, 0.5) is 0 Å². The van der Waals surface area contributed by atoms with E-state index >= 15 is 0 Å². The molecule has 1 unspecified atom stereocenters. The van der Waals surface area contributed by atoms with E-state index in [0.29, 0.717) is 6.61 Å². The summed E-state index contributed by atoms with van der Waals surface area (Å²) in [5.41, 5.74) is 0. The lowest BCUT2D eigenvalue weighted by atomic mass is 10.1. The van der Waals surface area contributed by atoms with E-state index in [9.17, 15) is 4.79 Å². The lowest BCUT2D eigenvalue weighted by Gasteiger charge is -2.10. The second-order valence-electron chi connectivity index (χ2n) is 2.29. The van der Waals surface area contributed by atoms with Gasteiger partial charge in [0.25, 0.3) is 0 Å². The molecule has 0 rings (SSSR count).